The third-order valence-electron chi connectivity index (χ3n) is 6.87. The lowest BCUT2D eigenvalue weighted by Crippen LogP contribution is -2.44. The number of fused-ring (bicyclic) bond motifs is 2. The van der Waals surface area contributed by atoms with Crippen LogP contribution in [-0.2, 0) is 16.1 Å². The second-order valence-electron chi connectivity index (χ2n) is 9.84. The van der Waals surface area contributed by atoms with Gasteiger partial charge in [0.2, 0.25) is 11.8 Å². The number of hydrogen-bond donors (Lipinski definition) is 1. The maximum Gasteiger partial charge on any atom is 0.248 e. The van der Waals surface area contributed by atoms with Gasteiger partial charge in [-0.3, -0.25) is 24.0 Å². The first-order valence-corrected chi connectivity index (χ1v) is 13.5. The van der Waals surface area contributed by atoms with Gasteiger partial charge in [-0.15, -0.1) is 0 Å². The molecular formula is C27H23BrFN9O3. The van der Waals surface area contributed by atoms with E-state index in [0.29, 0.717) is 15.5 Å². The second kappa shape index (κ2) is 10.4. The summed E-state index contributed by atoms with van der Waals surface area (Å²) in [6.45, 7) is 2.78. The predicted octanol–water partition coefficient (Wildman–Crippen LogP) is 3.39. The molecular weight excluding hydrogens is 597 g/mol. The molecule has 6 rings (SSSR count). The molecule has 4 aromatic heterocycles. The lowest BCUT2D eigenvalue weighted by atomic mass is 10.0. The number of Topliss-reactive ketones (excluding diaryl/α,β-unsaturated/α-hetero) is 1. The minimum atomic E-state index is -1.36. The molecule has 1 N–H and O–H groups in total. The Balaban J connectivity index is 1.28. The quantitative estimate of drug-likeness (QED) is 0.285. The average molecular weight is 620 g/mol. The number of aromatic nitrogens is 7. The summed E-state index contributed by atoms with van der Waals surface area (Å²) in [6, 6.07) is 6.27. The van der Waals surface area contributed by atoms with Gasteiger partial charge in [0.25, 0.3) is 0 Å². The third-order valence-corrected chi connectivity index (χ3v) is 7.25. The van der Waals surface area contributed by atoms with E-state index in [4.69, 9.17) is 0 Å². The number of likely N-dealkylation sites (tertiary alicyclic amines) is 1. The average Bonchev–Trinajstić information content (AvgIpc) is 3.62. The largest absolute Gasteiger partial charge is 0.326 e. The van der Waals surface area contributed by atoms with Gasteiger partial charge in [-0.2, -0.15) is 10.2 Å². The van der Waals surface area contributed by atoms with Crippen LogP contribution in [0.1, 0.15) is 29.5 Å². The molecule has 1 fully saturated rings. The van der Waals surface area contributed by atoms with Gasteiger partial charge in [-0.1, -0.05) is 6.07 Å². The number of hydrogen-bond acceptors (Lipinski definition) is 8. The van der Waals surface area contributed by atoms with Crippen molar-refractivity contribution in [2.75, 3.05) is 11.9 Å². The van der Waals surface area contributed by atoms with E-state index in [0.717, 1.165) is 22.5 Å². The highest BCUT2D eigenvalue weighted by Gasteiger charge is 2.40. The van der Waals surface area contributed by atoms with Crippen LogP contribution in [0.15, 0.2) is 53.7 Å². The van der Waals surface area contributed by atoms with Crippen molar-refractivity contribution in [1.29, 1.82) is 0 Å². The predicted molar refractivity (Wildman–Crippen MR) is 150 cm³/mol. The van der Waals surface area contributed by atoms with Gasteiger partial charge in [-0.05, 0) is 40.5 Å². The van der Waals surface area contributed by atoms with Crippen molar-refractivity contribution in [3.05, 3.63) is 65.0 Å². The van der Waals surface area contributed by atoms with Crippen LogP contribution >= 0.6 is 15.9 Å². The Bertz CT molecular complexity index is 1850. The Labute approximate surface area is 240 Å². The molecule has 208 valence electrons. The number of nitrogens with one attached hydrogen (secondary N) is 1. The Hall–Kier alpha value is -4.59. The Morgan fingerprint density at radius 2 is 1.95 bits per heavy atom. The molecule has 0 radical (unpaired) electrons. The van der Waals surface area contributed by atoms with Crippen LogP contribution in [0.25, 0.3) is 27.7 Å². The zero-order chi connectivity index (χ0) is 28.8. The molecule has 14 heteroatoms. The number of nitrogens with zero attached hydrogens (tertiary/aromatic N) is 8. The van der Waals surface area contributed by atoms with Crippen LogP contribution in [0.5, 0.6) is 0 Å². The lowest BCUT2D eigenvalue weighted by molar-refractivity contribution is -0.137. The van der Waals surface area contributed by atoms with E-state index in [1.807, 2.05) is 31.3 Å². The number of aryl methyl sites for hydroxylation is 1. The summed E-state index contributed by atoms with van der Waals surface area (Å²) in [5, 5.41) is 12.0. The van der Waals surface area contributed by atoms with Crippen molar-refractivity contribution in [2.45, 2.75) is 39.0 Å². The van der Waals surface area contributed by atoms with Crippen molar-refractivity contribution in [3.63, 3.8) is 0 Å². The molecule has 0 bridgehead atoms. The van der Waals surface area contributed by atoms with Crippen molar-refractivity contribution in [3.8, 4) is 11.1 Å². The minimum absolute atomic E-state index is 0.144. The number of ketones is 1. The molecule has 2 atom stereocenters. The van der Waals surface area contributed by atoms with Gasteiger partial charge < -0.3 is 10.2 Å². The molecule has 0 spiro atoms. The van der Waals surface area contributed by atoms with Crippen molar-refractivity contribution < 1.29 is 18.8 Å². The molecule has 1 aromatic carbocycles. The van der Waals surface area contributed by atoms with Crippen molar-refractivity contribution >= 4 is 55.9 Å². The fourth-order valence-electron chi connectivity index (χ4n) is 5.02. The maximum absolute atomic E-state index is 14.5. The molecule has 12 nitrogen and oxygen atoms in total. The summed E-state index contributed by atoms with van der Waals surface area (Å²) in [5.74, 6) is -1.16. The number of rotatable bonds is 6. The molecule has 41 heavy (non-hydrogen) atoms. The zero-order valence-electron chi connectivity index (χ0n) is 22.0. The van der Waals surface area contributed by atoms with E-state index in [1.54, 1.807) is 16.8 Å². The van der Waals surface area contributed by atoms with E-state index >= 15 is 0 Å². The molecule has 5 aromatic rings. The fraction of sp³-hybridized carbons (Fsp3) is 0.259. The lowest BCUT2D eigenvalue weighted by Gasteiger charge is -2.23. The van der Waals surface area contributed by atoms with E-state index in [9.17, 15) is 18.8 Å². The van der Waals surface area contributed by atoms with Crippen LogP contribution in [0.2, 0.25) is 0 Å². The topological polar surface area (TPSA) is 140 Å². The fourth-order valence-corrected chi connectivity index (χ4v) is 5.33. The van der Waals surface area contributed by atoms with E-state index < -0.39 is 24.0 Å². The second-order valence-corrected chi connectivity index (χ2v) is 10.6. The van der Waals surface area contributed by atoms with Crippen LogP contribution in [0.3, 0.4) is 0 Å². The smallest absolute Gasteiger partial charge is 0.248 e. The molecule has 0 unspecified atom stereocenters. The molecule has 0 aliphatic carbocycles. The van der Waals surface area contributed by atoms with E-state index in [-0.39, 0.29) is 36.8 Å². The number of benzene rings is 1. The number of halogens is 2. The molecule has 1 saturated heterocycles. The summed E-state index contributed by atoms with van der Waals surface area (Å²) in [7, 11) is 0. The highest BCUT2D eigenvalue weighted by Crippen LogP contribution is 2.28. The van der Waals surface area contributed by atoms with Crippen LogP contribution < -0.4 is 5.32 Å². The van der Waals surface area contributed by atoms with E-state index in [2.05, 4.69) is 46.4 Å². The highest BCUT2D eigenvalue weighted by atomic mass is 79.9. The standard InChI is InChI=1S/C27H23BrFN9O3/c1-14-5-24-31-8-17(11-38(24)34-14)16-3-4-20-19(6-16)26(15(2)39)35-37(20)13-25(40)36-12-18(29)7-21(36)27(41)33-23-10-30-9-22(28)32-23/h3-6,8-11,18,21H,7,12-13H2,1-2H3,(H,32,33,41)/t18-,21+/m1/s1. The minimum Gasteiger partial charge on any atom is -0.326 e. The first-order valence-electron chi connectivity index (χ1n) is 12.7. The zero-order valence-corrected chi connectivity index (χ0v) is 23.5. The Morgan fingerprint density at radius 1 is 1.12 bits per heavy atom. The van der Waals surface area contributed by atoms with Crippen molar-refractivity contribution in [2.24, 2.45) is 0 Å². The summed E-state index contributed by atoms with van der Waals surface area (Å²) in [5.41, 5.74) is 3.89. The normalized spacial score (nSPS) is 16.9. The van der Waals surface area contributed by atoms with Gasteiger partial charge in [-0.25, -0.2) is 18.9 Å². The number of anilines is 1. The van der Waals surface area contributed by atoms with Crippen LogP contribution in [-0.4, -0.2) is 75.6 Å². The first-order chi connectivity index (χ1) is 19.7. The molecule has 0 saturated carbocycles. The third kappa shape index (κ3) is 5.17. The number of amides is 2. The van der Waals surface area contributed by atoms with Gasteiger partial charge in [0.1, 0.15) is 29.1 Å². The van der Waals surface area contributed by atoms with Gasteiger partial charge in [0, 0.05) is 42.8 Å². The van der Waals surface area contributed by atoms with Gasteiger partial charge >= 0.3 is 0 Å². The molecule has 1 aliphatic rings. The summed E-state index contributed by atoms with van der Waals surface area (Å²) < 4.78 is 18.0. The number of alkyl halides is 1. The Morgan fingerprint density at radius 3 is 2.73 bits per heavy atom. The van der Waals surface area contributed by atoms with Gasteiger partial charge in [0.15, 0.2) is 17.2 Å². The summed E-state index contributed by atoms with van der Waals surface area (Å²) in [4.78, 5) is 52.6. The summed E-state index contributed by atoms with van der Waals surface area (Å²) >= 11 is 3.19. The van der Waals surface area contributed by atoms with Crippen LogP contribution in [0, 0.1) is 6.92 Å². The number of carbonyl (C=O) groups excluding carboxylic acids is 3. The maximum atomic E-state index is 14.5. The SMILES string of the molecule is CC(=O)c1nn(CC(=O)N2C[C@H](F)C[C@H]2C(=O)Nc2cncc(Br)n2)c2ccc(-c3cnc4cc(C)nn4c3)cc12. The summed E-state index contributed by atoms with van der Waals surface area (Å²) in [6.07, 6.45) is 4.89. The Kier molecular flexibility index (Phi) is 6.77. The molecule has 5 heterocycles. The van der Waals surface area contributed by atoms with Crippen LogP contribution in [0.4, 0.5) is 10.2 Å². The highest BCUT2D eigenvalue weighted by molar-refractivity contribution is 9.10. The first kappa shape index (κ1) is 26.6. The van der Waals surface area contributed by atoms with E-state index in [1.165, 1.54) is 28.9 Å². The van der Waals surface area contributed by atoms with Gasteiger partial charge in [0.05, 0.1) is 30.1 Å². The van der Waals surface area contributed by atoms with Crippen molar-refractivity contribution in [1.82, 2.24) is 39.2 Å². The molecule has 1 aliphatic heterocycles. The monoisotopic (exact) mass is 619 g/mol. The molecule has 2 amide bonds. The number of carbonyl (C=O) groups is 3.